The number of nitrogens with zero attached hydrogens (tertiary/aromatic N) is 2. The lowest BCUT2D eigenvalue weighted by Gasteiger charge is -2.40. The van der Waals surface area contributed by atoms with Gasteiger partial charge in [-0.15, -0.1) is 0 Å². The average molecular weight is 282 g/mol. The number of ether oxygens (including phenoxy) is 2. The standard InChI is InChI=1S/C15H26N2O3/c18-15(11-13-3-8-20-12-13)17-4-1-14(2-5-17)16-6-9-19-10-7-16/h13-14H,1-12H2. The van der Waals surface area contributed by atoms with E-state index in [1.807, 2.05) is 0 Å². The number of rotatable bonds is 3. The van der Waals surface area contributed by atoms with Gasteiger partial charge in [0.1, 0.15) is 0 Å². The van der Waals surface area contributed by atoms with E-state index in [0.29, 0.717) is 24.3 Å². The summed E-state index contributed by atoms with van der Waals surface area (Å²) in [6, 6.07) is 0.651. The Hall–Kier alpha value is -0.650. The molecule has 0 N–H and O–H groups in total. The summed E-state index contributed by atoms with van der Waals surface area (Å²) in [6.07, 6.45) is 3.97. The van der Waals surface area contributed by atoms with E-state index in [4.69, 9.17) is 9.47 Å². The van der Waals surface area contributed by atoms with Crippen LogP contribution >= 0.6 is 0 Å². The molecule has 3 rings (SSSR count). The van der Waals surface area contributed by atoms with Crippen LogP contribution in [0.15, 0.2) is 0 Å². The van der Waals surface area contributed by atoms with Gasteiger partial charge in [0, 0.05) is 51.9 Å². The molecule has 0 spiro atoms. The molecular formula is C15H26N2O3. The summed E-state index contributed by atoms with van der Waals surface area (Å²) >= 11 is 0. The van der Waals surface area contributed by atoms with E-state index < -0.39 is 0 Å². The van der Waals surface area contributed by atoms with Crippen molar-refractivity contribution < 1.29 is 14.3 Å². The molecule has 3 fully saturated rings. The first-order valence-corrected chi connectivity index (χ1v) is 8.00. The summed E-state index contributed by atoms with van der Waals surface area (Å²) in [5, 5.41) is 0. The molecule has 0 aliphatic carbocycles. The molecule has 5 heteroatoms. The second kappa shape index (κ2) is 6.87. The van der Waals surface area contributed by atoms with Gasteiger partial charge in [-0.3, -0.25) is 9.69 Å². The molecule has 0 aromatic rings. The topological polar surface area (TPSA) is 42.0 Å². The molecule has 1 atom stereocenters. The largest absolute Gasteiger partial charge is 0.381 e. The monoisotopic (exact) mass is 282 g/mol. The highest BCUT2D eigenvalue weighted by atomic mass is 16.5. The Balaban J connectivity index is 1.41. The minimum absolute atomic E-state index is 0.334. The number of carbonyl (C=O) groups excluding carboxylic acids is 1. The van der Waals surface area contributed by atoms with Gasteiger partial charge in [-0.05, 0) is 25.2 Å². The lowest BCUT2D eigenvalue weighted by Crippen LogP contribution is -2.50. The second-order valence-electron chi connectivity index (χ2n) is 6.19. The van der Waals surface area contributed by atoms with Crippen LogP contribution in [0.1, 0.15) is 25.7 Å². The van der Waals surface area contributed by atoms with E-state index in [1.54, 1.807) is 0 Å². The van der Waals surface area contributed by atoms with Gasteiger partial charge in [-0.1, -0.05) is 0 Å². The lowest BCUT2D eigenvalue weighted by atomic mass is 10.00. The smallest absolute Gasteiger partial charge is 0.222 e. The molecule has 0 aromatic carbocycles. The van der Waals surface area contributed by atoms with Gasteiger partial charge in [0.25, 0.3) is 0 Å². The molecule has 20 heavy (non-hydrogen) atoms. The van der Waals surface area contributed by atoms with E-state index in [1.165, 1.54) is 0 Å². The summed E-state index contributed by atoms with van der Waals surface area (Å²) in [6.45, 7) is 7.29. The van der Waals surface area contributed by atoms with Crippen molar-refractivity contribution >= 4 is 5.91 Å². The number of hydrogen-bond acceptors (Lipinski definition) is 4. The third kappa shape index (κ3) is 3.51. The number of amides is 1. The summed E-state index contributed by atoms with van der Waals surface area (Å²) in [5.41, 5.74) is 0. The highest BCUT2D eigenvalue weighted by Crippen LogP contribution is 2.21. The Kier molecular flexibility index (Phi) is 4.91. The van der Waals surface area contributed by atoms with Crippen LogP contribution in [-0.2, 0) is 14.3 Å². The maximum Gasteiger partial charge on any atom is 0.222 e. The van der Waals surface area contributed by atoms with E-state index in [-0.39, 0.29) is 0 Å². The Morgan fingerprint density at radius 2 is 1.70 bits per heavy atom. The van der Waals surface area contributed by atoms with Crippen molar-refractivity contribution in [3.8, 4) is 0 Å². The third-order valence-corrected chi connectivity index (χ3v) is 4.87. The van der Waals surface area contributed by atoms with Crippen LogP contribution in [0.4, 0.5) is 0 Å². The van der Waals surface area contributed by atoms with Crippen molar-refractivity contribution in [2.24, 2.45) is 5.92 Å². The van der Waals surface area contributed by atoms with Gasteiger partial charge in [-0.2, -0.15) is 0 Å². The van der Waals surface area contributed by atoms with Crippen LogP contribution in [0.2, 0.25) is 0 Å². The number of carbonyl (C=O) groups is 1. The quantitative estimate of drug-likeness (QED) is 0.765. The summed E-state index contributed by atoms with van der Waals surface area (Å²) in [5.74, 6) is 0.792. The first kappa shape index (κ1) is 14.3. The summed E-state index contributed by atoms with van der Waals surface area (Å²) < 4.78 is 10.8. The fraction of sp³-hybridized carbons (Fsp3) is 0.933. The zero-order valence-electron chi connectivity index (χ0n) is 12.3. The zero-order chi connectivity index (χ0) is 13.8. The molecule has 3 heterocycles. The number of morpholine rings is 1. The third-order valence-electron chi connectivity index (χ3n) is 4.87. The molecule has 0 radical (unpaired) electrons. The number of hydrogen-bond donors (Lipinski definition) is 0. The van der Waals surface area contributed by atoms with E-state index >= 15 is 0 Å². The minimum Gasteiger partial charge on any atom is -0.381 e. The first-order valence-electron chi connectivity index (χ1n) is 8.00. The minimum atomic E-state index is 0.334. The highest BCUT2D eigenvalue weighted by Gasteiger charge is 2.29. The Morgan fingerprint density at radius 1 is 0.950 bits per heavy atom. The molecule has 0 saturated carbocycles. The Bertz CT molecular complexity index is 317. The molecule has 5 nitrogen and oxygen atoms in total. The Labute approximate surface area is 121 Å². The van der Waals surface area contributed by atoms with Crippen LogP contribution in [0.25, 0.3) is 0 Å². The first-order chi connectivity index (χ1) is 9.83. The molecule has 0 aromatic heterocycles. The molecular weight excluding hydrogens is 256 g/mol. The SMILES string of the molecule is O=C(CC1CCOC1)N1CCC(N2CCOCC2)CC1. The van der Waals surface area contributed by atoms with Crippen LogP contribution < -0.4 is 0 Å². The predicted molar refractivity (Wildman–Crippen MR) is 75.5 cm³/mol. The molecule has 1 amide bonds. The average Bonchev–Trinajstić information content (AvgIpc) is 3.01. The fourth-order valence-corrected chi connectivity index (χ4v) is 3.54. The van der Waals surface area contributed by atoms with E-state index in [9.17, 15) is 4.79 Å². The van der Waals surface area contributed by atoms with Gasteiger partial charge in [0.05, 0.1) is 13.2 Å². The van der Waals surface area contributed by atoms with E-state index in [2.05, 4.69) is 9.80 Å². The highest BCUT2D eigenvalue weighted by molar-refractivity contribution is 5.76. The van der Waals surface area contributed by atoms with Gasteiger partial charge >= 0.3 is 0 Å². The lowest BCUT2D eigenvalue weighted by molar-refractivity contribution is -0.134. The van der Waals surface area contributed by atoms with Crippen molar-refractivity contribution in [1.29, 1.82) is 0 Å². The van der Waals surface area contributed by atoms with Gasteiger partial charge in [-0.25, -0.2) is 0 Å². The van der Waals surface area contributed by atoms with Crippen molar-refractivity contribution in [3.05, 3.63) is 0 Å². The summed E-state index contributed by atoms with van der Waals surface area (Å²) in [4.78, 5) is 16.9. The van der Waals surface area contributed by atoms with Crippen LogP contribution in [-0.4, -0.2) is 74.4 Å². The van der Waals surface area contributed by atoms with Gasteiger partial charge in [0.15, 0.2) is 0 Å². The molecule has 3 saturated heterocycles. The summed E-state index contributed by atoms with van der Waals surface area (Å²) in [7, 11) is 0. The molecule has 0 bridgehead atoms. The van der Waals surface area contributed by atoms with Crippen LogP contribution in [0, 0.1) is 5.92 Å². The van der Waals surface area contributed by atoms with Crippen molar-refractivity contribution in [2.75, 3.05) is 52.6 Å². The molecule has 3 aliphatic heterocycles. The zero-order valence-corrected chi connectivity index (χ0v) is 12.3. The maximum absolute atomic E-state index is 12.3. The number of likely N-dealkylation sites (tertiary alicyclic amines) is 1. The van der Waals surface area contributed by atoms with Crippen LogP contribution in [0.3, 0.4) is 0 Å². The van der Waals surface area contributed by atoms with Gasteiger partial charge < -0.3 is 14.4 Å². The molecule has 114 valence electrons. The molecule has 3 aliphatic rings. The van der Waals surface area contributed by atoms with Gasteiger partial charge in [0.2, 0.25) is 5.91 Å². The Morgan fingerprint density at radius 3 is 2.35 bits per heavy atom. The van der Waals surface area contributed by atoms with Crippen LogP contribution in [0.5, 0.6) is 0 Å². The van der Waals surface area contributed by atoms with Crippen molar-refractivity contribution in [1.82, 2.24) is 9.80 Å². The van der Waals surface area contributed by atoms with Crippen molar-refractivity contribution in [2.45, 2.75) is 31.7 Å². The predicted octanol–water partition coefficient (Wildman–Crippen LogP) is 0.736. The number of piperidine rings is 1. The molecule has 1 unspecified atom stereocenters. The normalized spacial score (nSPS) is 29.8. The van der Waals surface area contributed by atoms with E-state index in [0.717, 1.165) is 71.9 Å². The maximum atomic E-state index is 12.3. The fourth-order valence-electron chi connectivity index (χ4n) is 3.54. The second-order valence-corrected chi connectivity index (χ2v) is 6.19. The van der Waals surface area contributed by atoms with Crippen molar-refractivity contribution in [3.63, 3.8) is 0 Å².